The fraction of sp³-hybridized carbons (Fsp3) is 0.667. The molecule has 1 amide bonds. The van der Waals surface area contributed by atoms with Crippen molar-refractivity contribution < 1.29 is 18.7 Å². The van der Waals surface area contributed by atoms with Gasteiger partial charge in [0.25, 0.3) is 5.91 Å². The number of amides is 1. The van der Waals surface area contributed by atoms with E-state index in [1.54, 1.807) is 17.0 Å². The highest BCUT2D eigenvalue weighted by molar-refractivity contribution is 5.95. The minimum atomic E-state index is -0.315. The average Bonchev–Trinajstić information content (AvgIpc) is 2.87. The van der Waals surface area contributed by atoms with E-state index in [1.807, 2.05) is 0 Å². The van der Waals surface area contributed by atoms with E-state index in [-0.39, 0.29) is 23.9 Å². The van der Waals surface area contributed by atoms with E-state index in [0.717, 1.165) is 70.9 Å². The molecule has 1 aromatic rings. The number of nitrogens with zero attached hydrogens (tertiary/aromatic N) is 2. The number of likely N-dealkylation sites (tertiary alicyclic amines) is 1. The van der Waals surface area contributed by atoms with Crippen LogP contribution in [0.25, 0.3) is 0 Å². The number of carbonyl (C=O) groups excluding carboxylic acids is 1. The van der Waals surface area contributed by atoms with Crippen LogP contribution in [0.5, 0.6) is 0 Å². The van der Waals surface area contributed by atoms with Crippen LogP contribution in [0, 0.1) is 11.7 Å². The molecule has 4 rings (SSSR count). The monoisotopic (exact) mass is 376 g/mol. The number of benzene rings is 1. The van der Waals surface area contributed by atoms with Crippen LogP contribution in [0.15, 0.2) is 24.3 Å². The second-order valence-corrected chi connectivity index (χ2v) is 8.14. The van der Waals surface area contributed by atoms with Gasteiger partial charge in [-0.3, -0.25) is 4.79 Å². The molecule has 3 heterocycles. The molecule has 0 aromatic heterocycles. The lowest BCUT2D eigenvalue weighted by molar-refractivity contribution is -0.140. The first-order chi connectivity index (χ1) is 13.1. The van der Waals surface area contributed by atoms with Crippen LogP contribution in [-0.4, -0.2) is 62.4 Å². The summed E-state index contributed by atoms with van der Waals surface area (Å²) in [6.45, 7) is 5.56. The largest absolute Gasteiger partial charge is 0.381 e. The van der Waals surface area contributed by atoms with Gasteiger partial charge in [0.2, 0.25) is 0 Å². The van der Waals surface area contributed by atoms with E-state index in [9.17, 15) is 9.18 Å². The number of halogens is 1. The molecule has 3 saturated heterocycles. The molecule has 148 valence electrons. The Morgan fingerprint density at radius 1 is 1.19 bits per heavy atom. The Kier molecular flexibility index (Phi) is 5.76. The Labute approximate surface area is 160 Å². The number of ether oxygens (including phenoxy) is 2. The first-order valence-electron chi connectivity index (χ1n) is 10.1. The number of carbonyl (C=O) groups is 1. The summed E-state index contributed by atoms with van der Waals surface area (Å²) in [5, 5.41) is 0. The van der Waals surface area contributed by atoms with Gasteiger partial charge < -0.3 is 19.3 Å². The zero-order valence-corrected chi connectivity index (χ0v) is 15.9. The maximum atomic E-state index is 13.6. The van der Waals surface area contributed by atoms with Gasteiger partial charge in [-0.1, -0.05) is 6.07 Å². The maximum absolute atomic E-state index is 13.6. The van der Waals surface area contributed by atoms with Crippen molar-refractivity contribution in [2.75, 3.05) is 50.9 Å². The first kappa shape index (κ1) is 18.8. The molecule has 3 fully saturated rings. The summed E-state index contributed by atoms with van der Waals surface area (Å²) in [4.78, 5) is 16.7. The Hall–Kier alpha value is -1.50. The lowest BCUT2D eigenvalue weighted by Gasteiger charge is -2.42. The van der Waals surface area contributed by atoms with Gasteiger partial charge in [0, 0.05) is 32.0 Å². The van der Waals surface area contributed by atoms with Gasteiger partial charge >= 0.3 is 0 Å². The smallest absolute Gasteiger partial charge is 0.253 e. The molecule has 1 unspecified atom stereocenters. The third-order valence-electron chi connectivity index (χ3n) is 6.22. The maximum Gasteiger partial charge on any atom is 0.253 e. The molecule has 1 aromatic carbocycles. The summed E-state index contributed by atoms with van der Waals surface area (Å²) in [6, 6.07) is 6.30. The van der Waals surface area contributed by atoms with Crippen LogP contribution in [-0.2, 0) is 14.3 Å². The van der Waals surface area contributed by atoms with E-state index in [4.69, 9.17) is 9.47 Å². The normalized spacial score (nSPS) is 28.5. The predicted octanol–water partition coefficient (Wildman–Crippen LogP) is 2.84. The zero-order valence-electron chi connectivity index (χ0n) is 15.9. The quantitative estimate of drug-likeness (QED) is 0.814. The highest BCUT2D eigenvalue weighted by Crippen LogP contribution is 2.33. The Morgan fingerprint density at radius 2 is 2.04 bits per heavy atom. The zero-order chi connectivity index (χ0) is 18.7. The summed E-state index contributed by atoms with van der Waals surface area (Å²) >= 11 is 0. The van der Waals surface area contributed by atoms with Gasteiger partial charge in [-0.15, -0.1) is 0 Å². The van der Waals surface area contributed by atoms with E-state index in [2.05, 4.69) is 4.90 Å². The average molecular weight is 376 g/mol. The molecule has 0 bridgehead atoms. The SMILES string of the molecule is O=C1COC2(CCCN(CC3CCOCC3)CC2)CN1c1cccc(F)c1. The second-order valence-electron chi connectivity index (χ2n) is 8.14. The molecule has 0 N–H and O–H groups in total. The van der Waals surface area contributed by atoms with Crippen LogP contribution in [0.3, 0.4) is 0 Å². The van der Waals surface area contributed by atoms with Crippen molar-refractivity contribution in [3.63, 3.8) is 0 Å². The van der Waals surface area contributed by atoms with Crippen molar-refractivity contribution in [1.29, 1.82) is 0 Å². The topological polar surface area (TPSA) is 42.0 Å². The van der Waals surface area contributed by atoms with Gasteiger partial charge in [-0.2, -0.15) is 0 Å². The van der Waals surface area contributed by atoms with Crippen LogP contribution < -0.4 is 4.90 Å². The van der Waals surface area contributed by atoms with Gasteiger partial charge in [0.05, 0.1) is 12.1 Å². The Bertz CT molecular complexity index is 665. The molecule has 6 heteroatoms. The molecular formula is C21H29FN2O3. The molecule has 0 saturated carbocycles. The van der Waals surface area contributed by atoms with Crippen LogP contribution >= 0.6 is 0 Å². The van der Waals surface area contributed by atoms with E-state index in [0.29, 0.717) is 12.2 Å². The molecule has 1 atom stereocenters. The van der Waals surface area contributed by atoms with Gasteiger partial charge in [0.15, 0.2) is 0 Å². The van der Waals surface area contributed by atoms with E-state index < -0.39 is 0 Å². The van der Waals surface area contributed by atoms with Crippen molar-refractivity contribution in [1.82, 2.24) is 4.90 Å². The predicted molar refractivity (Wildman–Crippen MR) is 101 cm³/mol. The standard InChI is InChI=1S/C21H29FN2O3/c22-18-3-1-4-19(13-18)24-16-21(27-15-20(24)25)7-2-9-23(10-8-21)14-17-5-11-26-12-6-17/h1,3-4,13,17H,2,5-12,14-16H2. The Balaban J connectivity index is 1.41. The van der Waals surface area contributed by atoms with Crippen molar-refractivity contribution in [3.05, 3.63) is 30.1 Å². The Morgan fingerprint density at radius 3 is 2.85 bits per heavy atom. The molecule has 5 nitrogen and oxygen atoms in total. The summed E-state index contributed by atoms with van der Waals surface area (Å²) in [5.74, 6) is 0.323. The van der Waals surface area contributed by atoms with Crippen LogP contribution in [0.4, 0.5) is 10.1 Å². The van der Waals surface area contributed by atoms with Crippen LogP contribution in [0.2, 0.25) is 0 Å². The van der Waals surface area contributed by atoms with Gasteiger partial charge in [-0.05, 0) is 62.8 Å². The van der Waals surface area contributed by atoms with Crippen LogP contribution in [0.1, 0.15) is 32.1 Å². The summed E-state index contributed by atoms with van der Waals surface area (Å²) in [5.41, 5.74) is 0.316. The number of rotatable bonds is 3. The van der Waals surface area contributed by atoms with E-state index in [1.165, 1.54) is 12.1 Å². The lowest BCUT2D eigenvalue weighted by atomic mass is 9.92. The molecule has 0 radical (unpaired) electrons. The van der Waals surface area contributed by atoms with Crippen molar-refractivity contribution in [2.45, 2.75) is 37.7 Å². The fourth-order valence-electron chi connectivity index (χ4n) is 4.60. The van der Waals surface area contributed by atoms with Gasteiger partial charge in [0.1, 0.15) is 12.4 Å². The molecule has 3 aliphatic rings. The van der Waals surface area contributed by atoms with E-state index >= 15 is 0 Å². The summed E-state index contributed by atoms with van der Waals surface area (Å²) in [6.07, 6.45) is 5.22. The third-order valence-corrected chi connectivity index (χ3v) is 6.22. The van der Waals surface area contributed by atoms with Gasteiger partial charge in [-0.25, -0.2) is 4.39 Å². The highest BCUT2D eigenvalue weighted by Gasteiger charge is 2.41. The van der Waals surface area contributed by atoms with Crippen molar-refractivity contribution >= 4 is 11.6 Å². The molecule has 27 heavy (non-hydrogen) atoms. The number of anilines is 1. The number of hydrogen-bond donors (Lipinski definition) is 0. The molecule has 0 aliphatic carbocycles. The highest BCUT2D eigenvalue weighted by atomic mass is 19.1. The fourth-order valence-corrected chi connectivity index (χ4v) is 4.60. The second kappa shape index (κ2) is 8.25. The number of hydrogen-bond acceptors (Lipinski definition) is 4. The number of morpholine rings is 1. The minimum Gasteiger partial charge on any atom is -0.381 e. The van der Waals surface area contributed by atoms with Crippen molar-refractivity contribution in [2.24, 2.45) is 5.92 Å². The summed E-state index contributed by atoms with van der Waals surface area (Å²) in [7, 11) is 0. The first-order valence-corrected chi connectivity index (χ1v) is 10.1. The summed E-state index contributed by atoms with van der Waals surface area (Å²) < 4.78 is 25.2. The minimum absolute atomic E-state index is 0.0798. The molecular weight excluding hydrogens is 347 g/mol. The molecule has 3 aliphatic heterocycles. The lowest BCUT2D eigenvalue weighted by Crippen LogP contribution is -2.55. The third kappa shape index (κ3) is 4.50. The van der Waals surface area contributed by atoms with Crippen molar-refractivity contribution in [3.8, 4) is 0 Å². The molecule has 1 spiro atoms.